The van der Waals surface area contributed by atoms with Gasteiger partial charge in [0.25, 0.3) is 5.91 Å². The van der Waals surface area contributed by atoms with Crippen LogP contribution in [0.2, 0.25) is 0 Å². The molecular weight excluding hydrogens is 320 g/mol. The predicted molar refractivity (Wildman–Crippen MR) is 94.2 cm³/mol. The highest BCUT2D eigenvalue weighted by Crippen LogP contribution is 2.18. The Morgan fingerprint density at radius 3 is 2.64 bits per heavy atom. The third-order valence-corrected chi connectivity index (χ3v) is 5.07. The molecule has 1 aromatic rings. The minimum Gasteiger partial charge on any atom is -0.447 e. The Balaban J connectivity index is 1.44. The first-order chi connectivity index (χ1) is 12.1. The molecule has 1 saturated heterocycles. The number of β-amino-alcohol motifs (C(OH)–C–C–N with tert-alkyl or cyclic N) is 1. The van der Waals surface area contributed by atoms with E-state index in [-0.39, 0.29) is 18.1 Å². The molecule has 2 aliphatic rings. The van der Waals surface area contributed by atoms with Gasteiger partial charge in [-0.15, -0.1) is 0 Å². The minimum atomic E-state index is -0.288. The number of aromatic nitrogens is 1. The van der Waals surface area contributed by atoms with Gasteiger partial charge in [-0.3, -0.25) is 14.6 Å². The van der Waals surface area contributed by atoms with Crippen LogP contribution in [0.1, 0.15) is 55.4 Å². The van der Waals surface area contributed by atoms with Crippen LogP contribution in [0.25, 0.3) is 0 Å². The van der Waals surface area contributed by atoms with Gasteiger partial charge < -0.3 is 14.8 Å². The predicted octanol–water partition coefficient (Wildman–Crippen LogP) is 1.24. The van der Waals surface area contributed by atoms with Crippen molar-refractivity contribution in [1.82, 2.24) is 20.1 Å². The average Bonchev–Trinajstić information content (AvgIpc) is 3.06. The van der Waals surface area contributed by atoms with Crippen molar-refractivity contribution in [2.45, 2.75) is 57.7 Å². The monoisotopic (exact) mass is 350 g/mol. The van der Waals surface area contributed by atoms with Crippen molar-refractivity contribution in [3.8, 4) is 0 Å². The second-order valence-corrected chi connectivity index (χ2v) is 7.36. The van der Waals surface area contributed by atoms with Gasteiger partial charge >= 0.3 is 0 Å². The molecule has 0 aromatic carbocycles. The van der Waals surface area contributed by atoms with Crippen molar-refractivity contribution < 1.29 is 14.3 Å². The van der Waals surface area contributed by atoms with E-state index < -0.39 is 0 Å². The summed E-state index contributed by atoms with van der Waals surface area (Å²) in [6.07, 6.45) is 6.96. The molecule has 0 radical (unpaired) electrons. The van der Waals surface area contributed by atoms with Crippen LogP contribution in [0.3, 0.4) is 0 Å². The van der Waals surface area contributed by atoms with E-state index in [1.165, 1.54) is 25.5 Å². The van der Waals surface area contributed by atoms with Crippen LogP contribution in [0.15, 0.2) is 10.7 Å². The van der Waals surface area contributed by atoms with Crippen LogP contribution in [-0.4, -0.2) is 70.7 Å². The number of oxazole rings is 1. The summed E-state index contributed by atoms with van der Waals surface area (Å²) in [4.78, 5) is 21.2. The van der Waals surface area contributed by atoms with Gasteiger partial charge in [0.15, 0.2) is 5.69 Å². The van der Waals surface area contributed by atoms with Gasteiger partial charge in [0, 0.05) is 38.8 Å². The second-order valence-electron chi connectivity index (χ2n) is 7.36. The van der Waals surface area contributed by atoms with E-state index in [1.807, 2.05) is 6.92 Å². The number of nitrogens with zero attached hydrogens (tertiary/aromatic N) is 3. The molecular formula is C18H30N4O3. The van der Waals surface area contributed by atoms with Crippen molar-refractivity contribution in [3.63, 3.8) is 0 Å². The second kappa shape index (κ2) is 8.78. The lowest BCUT2D eigenvalue weighted by Gasteiger charge is -2.34. The van der Waals surface area contributed by atoms with E-state index in [4.69, 9.17) is 4.42 Å². The number of rotatable bonds is 6. The standard InChI is InChI=1S/C18H30N4O3/c1-14(23)11-21-7-9-22(10-8-21)12-17-20-16(13-25-17)18(24)19-15-5-3-2-4-6-15/h13-15,23H,2-12H2,1H3,(H,19,24)/t14-/m1/s1. The lowest BCUT2D eigenvalue weighted by molar-refractivity contribution is 0.0747. The number of amides is 1. The van der Waals surface area contributed by atoms with Crippen LogP contribution in [-0.2, 0) is 6.54 Å². The Bertz CT molecular complexity index is 546. The number of nitrogens with one attached hydrogen (secondary N) is 1. The Morgan fingerprint density at radius 2 is 1.96 bits per heavy atom. The zero-order valence-electron chi connectivity index (χ0n) is 15.1. The zero-order valence-corrected chi connectivity index (χ0v) is 15.1. The molecule has 1 aliphatic carbocycles. The molecule has 7 heteroatoms. The number of piperazine rings is 1. The molecule has 0 bridgehead atoms. The van der Waals surface area contributed by atoms with Gasteiger partial charge in [-0.25, -0.2) is 4.98 Å². The fourth-order valence-corrected chi connectivity index (χ4v) is 3.69. The number of carbonyl (C=O) groups excluding carboxylic acids is 1. The fourth-order valence-electron chi connectivity index (χ4n) is 3.69. The van der Waals surface area contributed by atoms with Gasteiger partial charge in [0.1, 0.15) is 6.26 Å². The SMILES string of the molecule is C[C@@H](O)CN1CCN(Cc2nc(C(=O)NC3CCCCC3)co2)CC1. The van der Waals surface area contributed by atoms with Crippen molar-refractivity contribution in [3.05, 3.63) is 17.8 Å². The molecule has 7 nitrogen and oxygen atoms in total. The number of hydrogen-bond donors (Lipinski definition) is 2. The molecule has 1 aromatic heterocycles. The van der Waals surface area contributed by atoms with Crippen molar-refractivity contribution in [2.24, 2.45) is 0 Å². The van der Waals surface area contributed by atoms with Crippen molar-refractivity contribution >= 4 is 5.91 Å². The van der Waals surface area contributed by atoms with Crippen LogP contribution in [0, 0.1) is 0 Å². The largest absolute Gasteiger partial charge is 0.447 e. The fraction of sp³-hybridized carbons (Fsp3) is 0.778. The summed E-state index contributed by atoms with van der Waals surface area (Å²) in [5.74, 6) is 0.474. The first-order valence-corrected chi connectivity index (χ1v) is 9.48. The maximum Gasteiger partial charge on any atom is 0.273 e. The molecule has 2 fully saturated rings. The van der Waals surface area contributed by atoms with Crippen LogP contribution >= 0.6 is 0 Å². The summed E-state index contributed by atoms with van der Waals surface area (Å²) in [7, 11) is 0. The van der Waals surface area contributed by atoms with Crippen molar-refractivity contribution in [2.75, 3.05) is 32.7 Å². The Labute approximate surface area is 149 Å². The van der Waals surface area contributed by atoms with Gasteiger partial charge in [0.05, 0.1) is 12.6 Å². The number of aliphatic hydroxyl groups is 1. The third-order valence-electron chi connectivity index (χ3n) is 5.07. The minimum absolute atomic E-state index is 0.122. The van der Waals surface area contributed by atoms with E-state index in [2.05, 4.69) is 20.1 Å². The van der Waals surface area contributed by atoms with E-state index in [9.17, 15) is 9.90 Å². The average molecular weight is 350 g/mol. The molecule has 1 saturated carbocycles. The summed E-state index contributed by atoms with van der Waals surface area (Å²) in [6.45, 7) is 6.86. The van der Waals surface area contributed by atoms with Crippen LogP contribution in [0.4, 0.5) is 0 Å². The molecule has 2 N–H and O–H groups in total. The molecule has 25 heavy (non-hydrogen) atoms. The molecule has 3 rings (SSSR count). The first kappa shape index (κ1) is 18.4. The van der Waals surface area contributed by atoms with Gasteiger partial charge in [-0.05, 0) is 19.8 Å². The molecule has 0 unspecified atom stereocenters. The van der Waals surface area contributed by atoms with Crippen LogP contribution < -0.4 is 5.32 Å². The number of carbonyl (C=O) groups is 1. The van der Waals surface area contributed by atoms with Crippen molar-refractivity contribution in [1.29, 1.82) is 0 Å². The summed E-state index contributed by atoms with van der Waals surface area (Å²) in [5, 5.41) is 12.5. The highest BCUT2D eigenvalue weighted by atomic mass is 16.3. The third kappa shape index (κ3) is 5.52. The van der Waals surface area contributed by atoms with Crippen LogP contribution in [0.5, 0.6) is 0 Å². The van der Waals surface area contributed by atoms with E-state index in [0.29, 0.717) is 18.1 Å². The maximum atomic E-state index is 12.3. The van der Waals surface area contributed by atoms with Gasteiger partial charge in [-0.2, -0.15) is 0 Å². The number of hydrogen-bond acceptors (Lipinski definition) is 6. The summed E-state index contributed by atoms with van der Waals surface area (Å²) in [6, 6.07) is 0.281. The topological polar surface area (TPSA) is 81.8 Å². The van der Waals surface area contributed by atoms with Gasteiger partial charge in [-0.1, -0.05) is 19.3 Å². The lowest BCUT2D eigenvalue weighted by Crippen LogP contribution is -2.47. The Hall–Kier alpha value is -1.44. The quantitative estimate of drug-likeness (QED) is 0.803. The Kier molecular flexibility index (Phi) is 6.45. The highest BCUT2D eigenvalue weighted by Gasteiger charge is 2.22. The summed E-state index contributed by atoms with van der Waals surface area (Å²) < 4.78 is 5.50. The van der Waals surface area contributed by atoms with E-state index in [0.717, 1.165) is 45.6 Å². The molecule has 1 amide bonds. The Morgan fingerprint density at radius 1 is 1.28 bits per heavy atom. The first-order valence-electron chi connectivity index (χ1n) is 9.48. The highest BCUT2D eigenvalue weighted by molar-refractivity contribution is 5.92. The van der Waals surface area contributed by atoms with Gasteiger partial charge in [0.2, 0.25) is 5.89 Å². The molecule has 140 valence electrons. The lowest BCUT2D eigenvalue weighted by atomic mass is 9.95. The summed E-state index contributed by atoms with van der Waals surface area (Å²) >= 11 is 0. The summed E-state index contributed by atoms with van der Waals surface area (Å²) in [5.41, 5.74) is 0.383. The normalized spacial score (nSPS) is 22.0. The molecule has 0 spiro atoms. The molecule has 2 heterocycles. The zero-order chi connectivity index (χ0) is 17.6. The van der Waals surface area contributed by atoms with E-state index >= 15 is 0 Å². The maximum absolute atomic E-state index is 12.3. The molecule has 1 aliphatic heterocycles. The molecule has 1 atom stereocenters. The van der Waals surface area contributed by atoms with E-state index in [1.54, 1.807) is 0 Å². The number of aliphatic hydroxyl groups excluding tert-OH is 1. The smallest absolute Gasteiger partial charge is 0.273 e.